The zero-order chi connectivity index (χ0) is 12.4. The highest BCUT2D eigenvalue weighted by Crippen LogP contribution is 2.07. The lowest BCUT2D eigenvalue weighted by atomic mass is 10.4. The van der Waals surface area contributed by atoms with Crippen LogP contribution in [0.2, 0.25) is 0 Å². The third-order valence-corrected chi connectivity index (χ3v) is 2.94. The van der Waals surface area contributed by atoms with Crippen LogP contribution in [0.3, 0.4) is 0 Å². The van der Waals surface area contributed by atoms with Crippen LogP contribution in [0.5, 0.6) is 0 Å². The predicted octanol–water partition coefficient (Wildman–Crippen LogP) is 0.746. The van der Waals surface area contributed by atoms with Crippen LogP contribution in [0.25, 0.3) is 4.96 Å². The van der Waals surface area contributed by atoms with Gasteiger partial charge in [-0.05, 0) is 6.92 Å². The molecule has 0 amide bonds. The standard InChI is InChI=1S/C10H10N2O4S/c1-6(9(14)15)16-5-7-4-8(13)12-2-3-17-10(12)11-7/h2-4,6H,5H2,1H3,(H,14,15). The fourth-order valence-electron chi connectivity index (χ4n) is 1.24. The molecule has 1 atom stereocenters. The summed E-state index contributed by atoms with van der Waals surface area (Å²) in [6.07, 6.45) is 0.721. The van der Waals surface area contributed by atoms with E-state index in [0.717, 1.165) is 0 Å². The van der Waals surface area contributed by atoms with Gasteiger partial charge >= 0.3 is 5.97 Å². The third kappa shape index (κ3) is 2.51. The lowest BCUT2D eigenvalue weighted by Crippen LogP contribution is -2.21. The molecule has 0 aliphatic rings. The summed E-state index contributed by atoms with van der Waals surface area (Å²) < 4.78 is 6.49. The highest BCUT2D eigenvalue weighted by Gasteiger charge is 2.12. The van der Waals surface area contributed by atoms with Crippen molar-refractivity contribution in [3.8, 4) is 0 Å². The minimum Gasteiger partial charge on any atom is -0.479 e. The van der Waals surface area contributed by atoms with Crippen molar-refractivity contribution < 1.29 is 14.6 Å². The number of carboxylic acid groups (broad SMARTS) is 1. The van der Waals surface area contributed by atoms with Gasteiger partial charge in [-0.1, -0.05) is 0 Å². The summed E-state index contributed by atoms with van der Waals surface area (Å²) in [5.41, 5.74) is 0.239. The molecule has 2 heterocycles. The summed E-state index contributed by atoms with van der Waals surface area (Å²) in [4.78, 5) is 26.9. The fourth-order valence-corrected chi connectivity index (χ4v) is 1.98. The molecule has 0 saturated heterocycles. The van der Waals surface area contributed by atoms with Crippen LogP contribution in [-0.2, 0) is 16.1 Å². The van der Waals surface area contributed by atoms with Crippen LogP contribution in [-0.4, -0.2) is 26.6 Å². The average Bonchev–Trinajstić information content (AvgIpc) is 2.74. The van der Waals surface area contributed by atoms with Crippen molar-refractivity contribution in [1.29, 1.82) is 0 Å². The molecule has 90 valence electrons. The maximum absolute atomic E-state index is 11.6. The zero-order valence-electron chi connectivity index (χ0n) is 8.99. The number of hydrogen-bond acceptors (Lipinski definition) is 5. The van der Waals surface area contributed by atoms with Crippen LogP contribution >= 0.6 is 11.3 Å². The van der Waals surface area contributed by atoms with Gasteiger partial charge in [0.2, 0.25) is 0 Å². The Morgan fingerprint density at radius 3 is 3.18 bits per heavy atom. The maximum atomic E-state index is 11.6. The molecule has 17 heavy (non-hydrogen) atoms. The second kappa shape index (κ2) is 4.64. The number of ether oxygens (including phenoxy) is 1. The van der Waals surface area contributed by atoms with E-state index in [9.17, 15) is 9.59 Å². The van der Waals surface area contributed by atoms with E-state index in [1.54, 1.807) is 11.6 Å². The van der Waals surface area contributed by atoms with Crippen molar-refractivity contribution >= 4 is 22.3 Å². The minimum atomic E-state index is -1.04. The number of thiazole rings is 1. The Bertz CT molecular complexity index is 604. The van der Waals surface area contributed by atoms with Crippen LogP contribution in [0.4, 0.5) is 0 Å². The molecule has 7 heteroatoms. The van der Waals surface area contributed by atoms with Crippen LogP contribution in [0, 0.1) is 0 Å². The first-order valence-corrected chi connectivity index (χ1v) is 5.76. The first-order chi connectivity index (χ1) is 8.08. The van der Waals surface area contributed by atoms with Gasteiger partial charge in [-0.25, -0.2) is 9.78 Å². The molecule has 0 fully saturated rings. The van der Waals surface area contributed by atoms with Gasteiger partial charge in [0.25, 0.3) is 5.56 Å². The lowest BCUT2D eigenvalue weighted by Gasteiger charge is -2.07. The monoisotopic (exact) mass is 254 g/mol. The Labute approximate surface area is 100 Å². The van der Waals surface area contributed by atoms with Crippen molar-refractivity contribution in [2.24, 2.45) is 0 Å². The van der Waals surface area contributed by atoms with Crippen LogP contribution < -0.4 is 5.56 Å². The van der Waals surface area contributed by atoms with Crippen molar-refractivity contribution in [3.05, 3.63) is 33.7 Å². The molecule has 0 aromatic carbocycles. The first-order valence-electron chi connectivity index (χ1n) is 4.88. The van der Waals surface area contributed by atoms with Gasteiger partial charge in [-0.3, -0.25) is 9.20 Å². The number of nitrogens with zero attached hydrogens (tertiary/aromatic N) is 2. The van der Waals surface area contributed by atoms with Crippen molar-refractivity contribution in [3.63, 3.8) is 0 Å². The van der Waals surface area contributed by atoms with E-state index in [1.807, 2.05) is 0 Å². The normalized spacial score (nSPS) is 12.8. The van der Waals surface area contributed by atoms with Gasteiger partial charge in [-0.2, -0.15) is 0 Å². The van der Waals surface area contributed by atoms with Gasteiger partial charge in [0.05, 0.1) is 12.3 Å². The van der Waals surface area contributed by atoms with Gasteiger partial charge in [0.15, 0.2) is 11.1 Å². The van der Waals surface area contributed by atoms with Gasteiger partial charge < -0.3 is 9.84 Å². The quantitative estimate of drug-likeness (QED) is 0.870. The smallest absolute Gasteiger partial charge is 0.332 e. The SMILES string of the molecule is CC(OCc1cc(=O)n2ccsc2n1)C(=O)O. The van der Waals surface area contributed by atoms with Crippen molar-refractivity contribution in [2.75, 3.05) is 0 Å². The number of carboxylic acids is 1. The molecule has 2 aromatic heterocycles. The average molecular weight is 254 g/mol. The summed E-state index contributed by atoms with van der Waals surface area (Å²) in [5, 5.41) is 10.4. The minimum absolute atomic E-state index is 0.0110. The molecule has 2 rings (SSSR count). The molecule has 0 aliphatic carbocycles. The molecule has 1 unspecified atom stereocenters. The van der Waals surface area contributed by atoms with E-state index in [0.29, 0.717) is 10.7 Å². The molecule has 0 saturated carbocycles. The second-order valence-electron chi connectivity index (χ2n) is 3.43. The number of carbonyl (C=O) groups is 1. The molecule has 6 nitrogen and oxygen atoms in total. The molecule has 2 aromatic rings. The molecular formula is C10H10N2O4S. The summed E-state index contributed by atoms with van der Waals surface area (Å²) in [6, 6.07) is 1.34. The second-order valence-corrected chi connectivity index (χ2v) is 4.31. The number of hydrogen-bond donors (Lipinski definition) is 1. The van der Waals surface area contributed by atoms with E-state index >= 15 is 0 Å². The topological polar surface area (TPSA) is 80.9 Å². The molecule has 0 radical (unpaired) electrons. The Morgan fingerprint density at radius 2 is 2.47 bits per heavy atom. The highest BCUT2D eigenvalue weighted by atomic mass is 32.1. The molecule has 1 N–H and O–H groups in total. The van der Waals surface area contributed by atoms with E-state index in [1.165, 1.54) is 28.7 Å². The van der Waals surface area contributed by atoms with Gasteiger partial charge in [0.1, 0.15) is 0 Å². The van der Waals surface area contributed by atoms with E-state index in [-0.39, 0.29) is 12.2 Å². The Hall–Kier alpha value is -1.73. The maximum Gasteiger partial charge on any atom is 0.332 e. The lowest BCUT2D eigenvalue weighted by molar-refractivity contribution is -0.149. The first kappa shape index (κ1) is 11.7. The molecule has 0 aliphatic heterocycles. The Kier molecular flexibility index (Phi) is 3.21. The van der Waals surface area contributed by atoms with Crippen LogP contribution in [0.15, 0.2) is 22.4 Å². The summed E-state index contributed by atoms with van der Waals surface area (Å²) in [5.74, 6) is -1.04. The Morgan fingerprint density at radius 1 is 1.71 bits per heavy atom. The van der Waals surface area contributed by atoms with Gasteiger partial charge in [-0.15, -0.1) is 11.3 Å². The number of fused-ring (bicyclic) bond motifs is 1. The summed E-state index contributed by atoms with van der Waals surface area (Å²) in [6.45, 7) is 1.44. The van der Waals surface area contributed by atoms with Crippen LogP contribution in [0.1, 0.15) is 12.6 Å². The summed E-state index contributed by atoms with van der Waals surface area (Å²) in [7, 11) is 0. The number of aliphatic carboxylic acids is 1. The predicted molar refractivity (Wildman–Crippen MR) is 61.2 cm³/mol. The molecule has 0 bridgehead atoms. The van der Waals surface area contributed by atoms with Crippen molar-refractivity contribution in [1.82, 2.24) is 9.38 Å². The van der Waals surface area contributed by atoms with E-state index in [2.05, 4.69) is 4.98 Å². The third-order valence-electron chi connectivity index (χ3n) is 2.19. The Balaban J connectivity index is 2.19. The summed E-state index contributed by atoms with van der Waals surface area (Å²) >= 11 is 1.34. The number of rotatable bonds is 4. The van der Waals surface area contributed by atoms with E-state index in [4.69, 9.17) is 9.84 Å². The highest BCUT2D eigenvalue weighted by molar-refractivity contribution is 7.15. The largest absolute Gasteiger partial charge is 0.479 e. The molecular weight excluding hydrogens is 244 g/mol. The van der Waals surface area contributed by atoms with Gasteiger partial charge in [0, 0.05) is 17.6 Å². The number of aromatic nitrogens is 2. The van der Waals surface area contributed by atoms with Crippen molar-refractivity contribution in [2.45, 2.75) is 19.6 Å². The molecule has 0 spiro atoms. The zero-order valence-corrected chi connectivity index (χ0v) is 9.81. The van der Waals surface area contributed by atoms with E-state index < -0.39 is 12.1 Å². The fraction of sp³-hybridized carbons (Fsp3) is 0.300.